The Kier molecular flexibility index (Phi) is 3.68. The predicted molar refractivity (Wildman–Crippen MR) is 55.0 cm³/mol. The van der Waals surface area contributed by atoms with Gasteiger partial charge in [-0.1, -0.05) is 17.7 Å². The van der Waals surface area contributed by atoms with Crippen molar-refractivity contribution in [3.8, 4) is 5.75 Å². The van der Waals surface area contributed by atoms with Crippen LogP contribution >= 0.6 is 0 Å². The van der Waals surface area contributed by atoms with Crippen LogP contribution in [0.2, 0.25) is 0 Å². The molecule has 0 heterocycles. The largest absolute Gasteiger partial charge is 0.481 e. The summed E-state index contributed by atoms with van der Waals surface area (Å²) in [5.41, 5.74) is 2.47. The Balaban J connectivity index is 2.98. The van der Waals surface area contributed by atoms with Crippen molar-refractivity contribution in [1.29, 1.82) is 0 Å². The molecule has 0 spiro atoms. The van der Waals surface area contributed by atoms with Crippen molar-refractivity contribution in [2.45, 2.75) is 20.5 Å². The molecule has 0 unspecified atom stereocenters. The molecule has 4 nitrogen and oxygen atoms in total. The van der Waals surface area contributed by atoms with Crippen molar-refractivity contribution in [2.24, 2.45) is 0 Å². The Bertz CT molecular complexity index is 371. The Hall–Kier alpha value is -1.55. The summed E-state index contributed by atoms with van der Waals surface area (Å²) in [5, 5.41) is 17.6. The third-order valence-corrected chi connectivity index (χ3v) is 2.01. The summed E-state index contributed by atoms with van der Waals surface area (Å²) in [6.45, 7) is 3.19. The van der Waals surface area contributed by atoms with E-state index < -0.39 is 12.6 Å². The Morgan fingerprint density at radius 1 is 1.40 bits per heavy atom. The van der Waals surface area contributed by atoms with Gasteiger partial charge in [0, 0.05) is 5.56 Å². The summed E-state index contributed by atoms with van der Waals surface area (Å²) >= 11 is 0. The number of hydrogen-bond acceptors (Lipinski definition) is 3. The number of aliphatic hydroxyl groups excluding tert-OH is 1. The van der Waals surface area contributed by atoms with E-state index in [1.807, 2.05) is 19.9 Å². The molecule has 0 aromatic heterocycles. The molecule has 0 bridgehead atoms. The number of hydrogen-bond donors (Lipinski definition) is 2. The third kappa shape index (κ3) is 2.95. The van der Waals surface area contributed by atoms with Crippen LogP contribution in [0.1, 0.15) is 16.7 Å². The first-order valence-corrected chi connectivity index (χ1v) is 4.60. The van der Waals surface area contributed by atoms with Crippen LogP contribution in [0.3, 0.4) is 0 Å². The van der Waals surface area contributed by atoms with Gasteiger partial charge in [0.2, 0.25) is 0 Å². The number of aliphatic hydroxyl groups is 1. The number of aryl methyl sites for hydroxylation is 2. The van der Waals surface area contributed by atoms with E-state index in [4.69, 9.17) is 14.9 Å². The quantitative estimate of drug-likeness (QED) is 0.785. The summed E-state index contributed by atoms with van der Waals surface area (Å²) in [4.78, 5) is 10.4. The van der Waals surface area contributed by atoms with Crippen molar-refractivity contribution in [1.82, 2.24) is 0 Å². The highest BCUT2D eigenvalue weighted by molar-refractivity contribution is 5.68. The standard InChI is InChI=1S/C11H14O4/c1-7-3-8(2)11(9(4-7)5-12)15-6-10(13)14/h3-4,12H,5-6H2,1-2H3,(H,13,14). The smallest absolute Gasteiger partial charge is 0.341 e. The topological polar surface area (TPSA) is 66.8 Å². The lowest BCUT2D eigenvalue weighted by Gasteiger charge is -2.12. The fourth-order valence-corrected chi connectivity index (χ4v) is 1.50. The van der Waals surface area contributed by atoms with Crippen molar-refractivity contribution >= 4 is 5.97 Å². The second kappa shape index (κ2) is 4.79. The first kappa shape index (κ1) is 11.5. The van der Waals surface area contributed by atoms with Gasteiger partial charge in [0.1, 0.15) is 5.75 Å². The van der Waals surface area contributed by atoms with E-state index in [-0.39, 0.29) is 6.61 Å². The van der Waals surface area contributed by atoms with E-state index >= 15 is 0 Å². The molecule has 82 valence electrons. The lowest BCUT2D eigenvalue weighted by molar-refractivity contribution is -0.139. The molecule has 2 N–H and O–H groups in total. The highest BCUT2D eigenvalue weighted by Gasteiger charge is 2.09. The first-order valence-electron chi connectivity index (χ1n) is 4.60. The lowest BCUT2D eigenvalue weighted by Crippen LogP contribution is -2.11. The minimum Gasteiger partial charge on any atom is -0.481 e. The van der Waals surface area contributed by atoms with Gasteiger partial charge in [-0.25, -0.2) is 4.79 Å². The molecule has 0 aliphatic carbocycles. The van der Waals surface area contributed by atoms with Crippen molar-refractivity contribution in [3.05, 3.63) is 28.8 Å². The zero-order valence-corrected chi connectivity index (χ0v) is 8.78. The zero-order valence-electron chi connectivity index (χ0n) is 8.78. The maximum atomic E-state index is 10.4. The van der Waals surface area contributed by atoms with Gasteiger partial charge < -0.3 is 14.9 Å². The highest BCUT2D eigenvalue weighted by Crippen LogP contribution is 2.25. The summed E-state index contributed by atoms with van der Waals surface area (Å²) in [5.74, 6) is -0.565. The zero-order chi connectivity index (χ0) is 11.4. The average molecular weight is 210 g/mol. The van der Waals surface area contributed by atoms with E-state index in [0.717, 1.165) is 11.1 Å². The molecule has 15 heavy (non-hydrogen) atoms. The monoisotopic (exact) mass is 210 g/mol. The molecular formula is C11H14O4. The molecule has 0 saturated carbocycles. The summed E-state index contributed by atoms with van der Waals surface area (Å²) in [6, 6.07) is 3.67. The Labute approximate surface area is 88.1 Å². The molecule has 0 radical (unpaired) electrons. The Morgan fingerprint density at radius 3 is 2.60 bits per heavy atom. The van der Waals surface area contributed by atoms with E-state index in [1.54, 1.807) is 6.07 Å². The molecular weight excluding hydrogens is 196 g/mol. The number of ether oxygens (including phenoxy) is 1. The van der Waals surface area contributed by atoms with Crippen LogP contribution in [0.15, 0.2) is 12.1 Å². The van der Waals surface area contributed by atoms with Gasteiger partial charge in [-0.3, -0.25) is 0 Å². The summed E-state index contributed by atoms with van der Waals surface area (Å²) < 4.78 is 5.12. The molecule has 0 saturated heterocycles. The van der Waals surface area contributed by atoms with Crippen LogP contribution in [0.25, 0.3) is 0 Å². The van der Waals surface area contributed by atoms with Crippen LogP contribution in [-0.4, -0.2) is 22.8 Å². The van der Waals surface area contributed by atoms with E-state index in [2.05, 4.69) is 0 Å². The first-order chi connectivity index (χ1) is 7.04. The van der Waals surface area contributed by atoms with Crippen molar-refractivity contribution in [2.75, 3.05) is 6.61 Å². The van der Waals surface area contributed by atoms with Gasteiger partial charge in [0.05, 0.1) is 6.61 Å². The number of carboxylic acid groups (broad SMARTS) is 1. The van der Waals surface area contributed by atoms with Gasteiger partial charge in [-0.2, -0.15) is 0 Å². The molecule has 4 heteroatoms. The minimum absolute atomic E-state index is 0.155. The number of benzene rings is 1. The third-order valence-electron chi connectivity index (χ3n) is 2.01. The molecule has 0 aliphatic rings. The number of carbonyl (C=O) groups is 1. The number of rotatable bonds is 4. The van der Waals surface area contributed by atoms with Gasteiger partial charge >= 0.3 is 5.97 Å². The SMILES string of the molecule is Cc1cc(C)c(OCC(=O)O)c(CO)c1. The van der Waals surface area contributed by atoms with Crippen LogP contribution in [0.4, 0.5) is 0 Å². The number of carboxylic acids is 1. The van der Waals surface area contributed by atoms with Crippen LogP contribution in [0.5, 0.6) is 5.75 Å². The van der Waals surface area contributed by atoms with Gasteiger partial charge in [-0.15, -0.1) is 0 Å². The maximum Gasteiger partial charge on any atom is 0.341 e. The molecule has 0 fully saturated rings. The predicted octanol–water partition coefficient (Wildman–Crippen LogP) is 1.26. The fourth-order valence-electron chi connectivity index (χ4n) is 1.50. The molecule has 1 aromatic carbocycles. The molecule has 0 aliphatic heterocycles. The fraction of sp³-hybridized carbons (Fsp3) is 0.364. The second-order valence-electron chi connectivity index (χ2n) is 3.41. The molecule has 0 amide bonds. The van der Waals surface area contributed by atoms with Crippen LogP contribution < -0.4 is 4.74 Å². The summed E-state index contributed by atoms with van der Waals surface area (Å²) in [6.07, 6.45) is 0. The van der Waals surface area contributed by atoms with Gasteiger partial charge in [-0.05, 0) is 19.4 Å². The van der Waals surface area contributed by atoms with Crippen molar-refractivity contribution < 1.29 is 19.7 Å². The average Bonchev–Trinajstić information content (AvgIpc) is 2.14. The number of aliphatic carboxylic acids is 1. The maximum absolute atomic E-state index is 10.4. The lowest BCUT2D eigenvalue weighted by atomic mass is 10.1. The highest BCUT2D eigenvalue weighted by atomic mass is 16.5. The molecule has 1 rings (SSSR count). The normalized spacial score (nSPS) is 10.1. The molecule has 1 aromatic rings. The van der Waals surface area contributed by atoms with Gasteiger partial charge in [0.25, 0.3) is 0 Å². The van der Waals surface area contributed by atoms with Gasteiger partial charge in [0.15, 0.2) is 6.61 Å². The van der Waals surface area contributed by atoms with E-state index in [1.165, 1.54) is 0 Å². The van der Waals surface area contributed by atoms with E-state index in [9.17, 15) is 4.79 Å². The molecule has 0 atom stereocenters. The summed E-state index contributed by atoms with van der Waals surface area (Å²) in [7, 11) is 0. The van der Waals surface area contributed by atoms with Crippen LogP contribution in [-0.2, 0) is 11.4 Å². The Morgan fingerprint density at radius 2 is 2.07 bits per heavy atom. The second-order valence-corrected chi connectivity index (χ2v) is 3.41. The van der Waals surface area contributed by atoms with E-state index in [0.29, 0.717) is 11.3 Å². The van der Waals surface area contributed by atoms with Crippen LogP contribution in [0, 0.1) is 13.8 Å². The van der Waals surface area contributed by atoms with Crippen molar-refractivity contribution in [3.63, 3.8) is 0 Å². The minimum atomic E-state index is -1.03.